The van der Waals surface area contributed by atoms with Crippen LogP contribution in [0.25, 0.3) is 0 Å². The van der Waals surface area contributed by atoms with Crippen molar-refractivity contribution in [2.24, 2.45) is 0 Å². The van der Waals surface area contributed by atoms with Crippen LogP contribution in [0.3, 0.4) is 0 Å². The van der Waals surface area contributed by atoms with Gasteiger partial charge in [0.25, 0.3) is 12.3 Å². The highest BCUT2D eigenvalue weighted by molar-refractivity contribution is 6.31. The van der Waals surface area contributed by atoms with Crippen LogP contribution in [-0.4, -0.2) is 44.9 Å². The molecule has 7 nitrogen and oxygen atoms in total. The van der Waals surface area contributed by atoms with Crippen molar-refractivity contribution in [3.8, 4) is 5.88 Å². The zero-order valence-corrected chi connectivity index (χ0v) is 14.8. The largest absolute Gasteiger partial charge is 0.477 e. The van der Waals surface area contributed by atoms with Gasteiger partial charge in [-0.25, -0.2) is 23.5 Å². The molecule has 0 radical (unpaired) electrons. The summed E-state index contributed by atoms with van der Waals surface area (Å²) in [5, 5.41) is 9.29. The number of ether oxygens (including phenoxy) is 1. The summed E-state index contributed by atoms with van der Waals surface area (Å²) in [5.41, 5.74) is 1.01. The van der Waals surface area contributed by atoms with Gasteiger partial charge < -0.3 is 14.7 Å². The molecular formula is C17H14ClF2N3O4. The highest BCUT2D eigenvalue weighted by Crippen LogP contribution is 2.34. The molecule has 27 heavy (non-hydrogen) atoms. The number of hydrogen-bond donors (Lipinski definition) is 1. The Bertz CT molecular complexity index is 910. The van der Waals surface area contributed by atoms with Crippen molar-refractivity contribution in [3.05, 3.63) is 51.9 Å². The lowest BCUT2D eigenvalue weighted by Crippen LogP contribution is -2.27. The van der Waals surface area contributed by atoms with Crippen LogP contribution < -0.4 is 4.74 Å². The lowest BCUT2D eigenvalue weighted by atomic mass is 10.1. The molecule has 0 saturated heterocycles. The molecule has 0 saturated carbocycles. The number of carboxylic acids is 1. The maximum absolute atomic E-state index is 12.7. The SMILES string of the molecule is CC(c1cnc(OCC(F)F)c(Cl)c1)N1Cc2c(ccnc2C(=O)O)C1=O. The van der Waals surface area contributed by atoms with E-state index in [9.17, 15) is 23.5 Å². The summed E-state index contributed by atoms with van der Waals surface area (Å²) in [6.45, 7) is 0.975. The highest BCUT2D eigenvalue weighted by atomic mass is 35.5. The molecule has 1 unspecified atom stereocenters. The first-order chi connectivity index (χ1) is 12.8. The molecule has 1 atom stereocenters. The number of halogens is 3. The van der Waals surface area contributed by atoms with Crippen LogP contribution in [-0.2, 0) is 6.54 Å². The second-order valence-corrected chi connectivity index (χ2v) is 6.26. The van der Waals surface area contributed by atoms with Crippen molar-refractivity contribution in [1.82, 2.24) is 14.9 Å². The molecule has 0 aromatic carbocycles. The first-order valence-electron chi connectivity index (χ1n) is 7.88. The van der Waals surface area contributed by atoms with Crippen molar-refractivity contribution in [3.63, 3.8) is 0 Å². The number of carbonyl (C=O) groups excluding carboxylic acids is 1. The monoisotopic (exact) mass is 397 g/mol. The highest BCUT2D eigenvalue weighted by Gasteiger charge is 2.35. The Balaban J connectivity index is 1.84. The molecule has 0 bridgehead atoms. The average molecular weight is 398 g/mol. The Morgan fingerprint density at radius 3 is 2.81 bits per heavy atom. The number of aromatic nitrogens is 2. The standard InChI is InChI=1S/C17H14ClF2N3O4/c1-8(9-4-12(18)15(22-5-9)27-7-13(19)20)23-6-11-10(16(23)24)2-3-21-14(11)17(25)26/h2-5,8,13H,6-7H2,1H3,(H,25,26). The Hall–Kier alpha value is -2.81. The Morgan fingerprint density at radius 2 is 2.19 bits per heavy atom. The van der Waals surface area contributed by atoms with Gasteiger partial charge >= 0.3 is 5.97 Å². The van der Waals surface area contributed by atoms with Gasteiger partial charge in [0.2, 0.25) is 5.88 Å². The van der Waals surface area contributed by atoms with Crippen LogP contribution in [0.4, 0.5) is 8.78 Å². The molecule has 2 aromatic heterocycles. The molecule has 0 aliphatic carbocycles. The number of pyridine rings is 2. The second kappa shape index (κ2) is 7.43. The van der Waals surface area contributed by atoms with Crippen LogP contribution in [0.5, 0.6) is 5.88 Å². The molecule has 10 heteroatoms. The quantitative estimate of drug-likeness (QED) is 0.804. The summed E-state index contributed by atoms with van der Waals surface area (Å²) < 4.78 is 29.3. The van der Waals surface area contributed by atoms with E-state index in [0.717, 1.165) is 0 Å². The van der Waals surface area contributed by atoms with Crippen LogP contribution in [0.2, 0.25) is 5.02 Å². The van der Waals surface area contributed by atoms with Gasteiger partial charge in [0.1, 0.15) is 5.02 Å². The lowest BCUT2D eigenvalue weighted by molar-refractivity contribution is 0.0678. The maximum atomic E-state index is 12.7. The van der Waals surface area contributed by atoms with Gasteiger partial charge in [0.05, 0.1) is 6.04 Å². The molecular weight excluding hydrogens is 384 g/mol. The van der Waals surface area contributed by atoms with Crippen LogP contribution in [0, 0.1) is 0 Å². The smallest absolute Gasteiger partial charge is 0.354 e. The van der Waals surface area contributed by atoms with E-state index >= 15 is 0 Å². The molecule has 3 rings (SSSR count). The van der Waals surface area contributed by atoms with Crippen LogP contribution >= 0.6 is 11.6 Å². The molecule has 142 valence electrons. The van der Waals surface area contributed by atoms with Gasteiger partial charge in [0.15, 0.2) is 12.3 Å². The van der Waals surface area contributed by atoms with Gasteiger partial charge in [-0.05, 0) is 24.6 Å². The van der Waals surface area contributed by atoms with E-state index in [1.807, 2.05) is 0 Å². The van der Waals surface area contributed by atoms with Crippen molar-refractivity contribution in [2.75, 3.05) is 6.61 Å². The van der Waals surface area contributed by atoms with Crippen molar-refractivity contribution in [2.45, 2.75) is 25.9 Å². The number of rotatable bonds is 6. The number of amides is 1. The molecule has 3 heterocycles. The lowest BCUT2D eigenvalue weighted by Gasteiger charge is -2.24. The predicted octanol–water partition coefficient (Wildman–Crippen LogP) is 3.19. The summed E-state index contributed by atoms with van der Waals surface area (Å²) >= 11 is 6.03. The minimum Gasteiger partial charge on any atom is -0.477 e. The summed E-state index contributed by atoms with van der Waals surface area (Å²) in [6, 6.07) is 2.47. The van der Waals surface area contributed by atoms with Crippen LogP contribution in [0.1, 0.15) is 44.9 Å². The number of aromatic carboxylic acids is 1. The van der Waals surface area contributed by atoms with Gasteiger partial charge in [0, 0.05) is 30.1 Å². The average Bonchev–Trinajstić information content (AvgIpc) is 2.96. The number of nitrogens with zero attached hydrogens (tertiary/aromatic N) is 3. The van der Waals surface area contributed by atoms with Crippen LogP contribution in [0.15, 0.2) is 24.5 Å². The second-order valence-electron chi connectivity index (χ2n) is 5.86. The van der Waals surface area contributed by atoms with E-state index in [2.05, 4.69) is 9.97 Å². The van der Waals surface area contributed by atoms with E-state index in [-0.39, 0.29) is 34.6 Å². The van der Waals surface area contributed by atoms with E-state index in [0.29, 0.717) is 11.1 Å². The number of carbonyl (C=O) groups is 2. The van der Waals surface area contributed by atoms with Gasteiger partial charge in [-0.15, -0.1) is 0 Å². The zero-order valence-electron chi connectivity index (χ0n) is 14.0. The van der Waals surface area contributed by atoms with E-state index in [1.54, 1.807) is 6.92 Å². The zero-order chi connectivity index (χ0) is 19.7. The number of carboxylic acid groups (broad SMARTS) is 1. The van der Waals surface area contributed by atoms with E-state index in [4.69, 9.17) is 16.3 Å². The van der Waals surface area contributed by atoms with Gasteiger partial charge in [-0.3, -0.25) is 4.79 Å². The Morgan fingerprint density at radius 1 is 1.44 bits per heavy atom. The molecule has 1 amide bonds. The number of alkyl halides is 2. The third-order valence-electron chi connectivity index (χ3n) is 4.20. The summed E-state index contributed by atoms with van der Waals surface area (Å²) in [5.74, 6) is -1.67. The molecule has 1 N–H and O–H groups in total. The third-order valence-corrected chi connectivity index (χ3v) is 4.47. The minimum absolute atomic E-state index is 0.0389. The fourth-order valence-corrected chi connectivity index (χ4v) is 3.07. The summed E-state index contributed by atoms with van der Waals surface area (Å²) in [4.78, 5) is 33.2. The molecule has 2 aromatic rings. The fraction of sp³-hybridized carbons (Fsp3) is 0.294. The fourth-order valence-electron chi connectivity index (χ4n) is 2.84. The predicted molar refractivity (Wildman–Crippen MR) is 90.2 cm³/mol. The van der Waals surface area contributed by atoms with Gasteiger partial charge in [-0.1, -0.05) is 11.6 Å². The first kappa shape index (κ1) is 19.0. The Kier molecular flexibility index (Phi) is 5.22. The van der Waals surface area contributed by atoms with Crippen molar-refractivity contribution in [1.29, 1.82) is 0 Å². The molecule has 1 aliphatic rings. The van der Waals surface area contributed by atoms with Crippen molar-refractivity contribution >= 4 is 23.5 Å². The number of hydrogen-bond acceptors (Lipinski definition) is 5. The van der Waals surface area contributed by atoms with E-state index in [1.165, 1.54) is 29.4 Å². The van der Waals surface area contributed by atoms with Crippen molar-refractivity contribution < 1.29 is 28.2 Å². The maximum Gasteiger partial charge on any atom is 0.354 e. The normalized spacial score (nSPS) is 14.4. The summed E-state index contributed by atoms with van der Waals surface area (Å²) in [7, 11) is 0. The molecule has 1 aliphatic heterocycles. The third kappa shape index (κ3) is 3.68. The number of fused-ring (bicyclic) bond motifs is 1. The summed E-state index contributed by atoms with van der Waals surface area (Å²) in [6.07, 6.45) is 0.00514. The van der Waals surface area contributed by atoms with E-state index < -0.39 is 25.0 Å². The first-order valence-corrected chi connectivity index (χ1v) is 8.26. The van der Waals surface area contributed by atoms with Gasteiger partial charge in [-0.2, -0.15) is 0 Å². The minimum atomic E-state index is -2.65. The molecule has 0 fully saturated rings. The topological polar surface area (TPSA) is 92.6 Å². The molecule has 0 spiro atoms. The Labute approximate surface area is 157 Å².